The molecule has 0 spiro atoms. The van der Waals surface area contributed by atoms with Gasteiger partial charge < -0.3 is 9.63 Å². The van der Waals surface area contributed by atoms with Crippen molar-refractivity contribution in [2.24, 2.45) is 5.41 Å². The van der Waals surface area contributed by atoms with Crippen molar-refractivity contribution in [3.63, 3.8) is 0 Å². The largest absolute Gasteiger partial charge is 0.396 e. The lowest BCUT2D eigenvalue weighted by molar-refractivity contribution is 0.0644. The van der Waals surface area contributed by atoms with Crippen LogP contribution in [0.1, 0.15) is 29.9 Å². The first-order valence-electron chi connectivity index (χ1n) is 8.46. The fraction of sp³-hybridized carbons (Fsp3) is 0.500. The van der Waals surface area contributed by atoms with Gasteiger partial charge in [-0.3, -0.25) is 0 Å². The van der Waals surface area contributed by atoms with Gasteiger partial charge >= 0.3 is 0 Å². The summed E-state index contributed by atoms with van der Waals surface area (Å²) in [5, 5.41) is 13.8. The molecule has 6 nitrogen and oxygen atoms in total. The molecule has 25 heavy (non-hydrogen) atoms. The van der Waals surface area contributed by atoms with E-state index in [0.717, 1.165) is 18.4 Å². The SMILES string of the molecule is Cc1noc(C)c1S(=O)(=O)N1CCC[C@](CO)(Cc2ccccc2)C1. The molecule has 7 heteroatoms. The fourth-order valence-electron chi connectivity index (χ4n) is 3.70. The third-order valence-electron chi connectivity index (χ3n) is 4.95. The van der Waals surface area contributed by atoms with E-state index in [1.807, 2.05) is 30.3 Å². The van der Waals surface area contributed by atoms with Crippen LogP contribution < -0.4 is 0 Å². The van der Waals surface area contributed by atoms with Crippen LogP contribution in [-0.4, -0.2) is 42.7 Å². The van der Waals surface area contributed by atoms with E-state index < -0.39 is 15.4 Å². The van der Waals surface area contributed by atoms with Crippen LogP contribution >= 0.6 is 0 Å². The van der Waals surface area contributed by atoms with Gasteiger partial charge in [-0.25, -0.2) is 8.42 Å². The molecule has 2 aromatic rings. The predicted octanol–water partition coefficient (Wildman–Crippen LogP) is 2.30. The summed E-state index contributed by atoms with van der Waals surface area (Å²) in [6.07, 6.45) is 2.17. The van der Waals surface area contributed by atoms with Crippen molar-refractivity contribution in [3.8, 4) is 0 Å². The average molecular weight is 364 g/mol. The summed E-state index contributed by atoms with van der Waals surface area (Å²) in [6, 6.07) is 9.89. The number of aliphatic hydroxyl groups excluding tert-OH is 1. The topological polar surface area (TPSA) is 83.6 Å². The number of benzene rings is 1. The fourth-order valence-corrected chi connectivity index (χ4v) is 5.58. The molecule has 1 aliphatic heterocycles. The summed E-state index contributed by atoms with van der Waals surface area (Å²) in [7, 11) is -3.69. The third kappa shape index (κ3) is 3.49. The van der Waals surface area contributed by atoms with Gasteiger partial charge in [0.25, 0.3) is 0 Å². The number of aromatic nitrogens is 1. The highest BCUT2D eigenvalue weighted by Gasteiger charge is 2.41. The van der Waals surface area contributed by atoms with Crippen LogP contribution in [0.2, 0.25) is 0 Å². The van der Waals surface area contributed by atoms with E-state index in [-0.39, 0.29) is 11.5 Å². The average Bonchev–Trinajstić information content (AvgIpc) is 2.95. The third-order valence-corrected chi connectivity index (χ3v) is 7.04. The zero-order valence-electron chi connectivity index (χ0n) is 14.6. The van der Waals surface area contributed by atoms with E-state index >= 15 is 0 Å². The summed E-state index contributed by atoms with van der Waals surface area (Å²) in [5.41, 5.74) is 1.01. The first kappa shape index (κ1) is 18.1. The van der Waals surface area contributed by atoms with Crippen LogP contribution in [0, 0.1) is 19.3 Å². The molecule has 136 valence electrons. The van der Waals surface area contributed by atoms with Crippen LogP contribution in [0.3, 0.4) is 0 Å². The molecule has 0 amide bonds. The Morgan fingerprint density at radius 3 is 2.60 bits per heavy atom. The van der Waals surface area contributed by atoms with E-state index in [4.69, 9.17) is 4.52 Å². The van der Waals surface area contributed by atoms with Crippen molar-refractivity contribution in [2.45, 2.75) is 38.0 Å². The normalized spacial score (nSPS) is 22.2. The van der Waals surface area contributed by atoms with Gasteiger partial charge in [-0.15, -0.1) is 0 Å². The van der Waals surface area contributed by atoms with E-state index in [9.17, 15) is 13.5 Å². The van der Waals surface area contributed by atoms with Gasteiger partial charge in [-0.2, -0.15) is 4.31 Å². The van der Waals surface area contributed by atoms with E-state index in [1.165, 1.54) is 4.31 Å². The number of aliphatic hydroxyl groups is 1. The minimum absolute atomic E-state index is 0.0461. The smallest absolute Gasteiger partial charge is 0.248 e. The molecular weight excluding hydrogens is 340 g/mol. The zero-order chi connectivity index (χ0) is 18.1. The number of sulfonamides is 1. The number of rotatable bonds is 5. The van der Waals surface area contributed by atoms with Gasteiger partial charge in [0.05, 0.1) is 6.61 Å². The van der Waals surface area contributed by atoms with Crippen LogP contribution in [-0.2, 0) is 16.4 Å². The maximum Gasteiger partial charge on any atom is 0.248 e. The molecule has 1 saturated heterocycles. The van der Waals surface area contributed by atoms with Gasteiger partial charge in [0.15, 0.2) is 5.76 Å². The molecule has 0 bridgehead atoms. The minimum atomic E-state index is -3.69. The molecule has 1 atom stereocenters. The number of hydrogen-bond acceptors (Lipinski definition) is 5. The highest BCUT2D eigenvalue weighted by atomic mass is 32.2. The lowest BCUT2D eigenvalue weighted by atomic mass is 9.76. The standard InChI is InChI=1S/C18H24N2O4S/c1-14-17(15(2)24-19-14)25(22,23)20-10-6-9-18(12-20,13-21)11-16-7-4-3-5-8-16/h3-5,7-8,21H,6,9-13H2,1-2H3/t18-/m0/s1. The van der Waals surface area contributed by atoms with E-state index in [2.05, 4.69) is 5.16 Å². The zero-order valence-corrected chi connectivity index (χ0v) is 15.4. The molecule has 0 aliphatic carbocycles. The molecular formula is C18H24N2O4S. The lowest BCUT2D eigenvalue weighted by Gasteiger charge is -2.41. The highest BCUT2D eigenvalue weighted by Crippen LogP contribution is 2.36. The first-order chi connectivity index (χ1) is 11.9. The molecule has 1 fully saturated rings. The predicted molar refractivity (Wildman–Crippen MR) is 93.6 cm³/mol. The Morgan fingerprint density at radius 1 is 1.28 bits per heavy atom. The molecule has 1 aromatic heterocycles. The quantitative estimate of drug-likeness (QED) is 0.880. The van der Waals surface area contributed by atoms with Crippen molar-refractivity contribution in [2.75, 3.05) is 19.7 Å². The van der Waals surface area contributed by atoms with Gasteiger partial charge in [-0.1, -0.05) is 35.5 Å². The maximum absolute atomic E-state index is 13.1. The second-order valence-electron chi connectivity index (χ2n) is 6.92. The molecule has 0 unspecified atom stereocenters. The van der Waals surface area contributed by atoms with Crippen LogP contribution in [0.15, 0.2) is 39.8 Å². The number of piperidine rings is 1. The van der Waals surface area contributed by atoms with Gasteiger partial charge in [-0.05, 0) is 38.7 Å². The summed E-state index contributed by atoms with van der Waals surface area (Å²) < 4.78 is 32.7. The first-order valence-corrected chi connectivity index (χ1v) is 9.90. The van der Waals surface area contributed by atoms with Gasteiger partial charge in [0.2, 0.25) is 10.0 Å². The van der Waals surface area contributed by atoms with Crippen molar-refractivity contribution < 1.29 is 18.0 Å². The molecule has 3 rings (SSSR count). The number of nitrogens with zero attached hydrogens (tertiary/aromatic N) is 2. The summed E-state index contributed by atoms with van der Waals surface area (Å²) in [5.74, 6) is 0.306. The molecule has 1 aliphatic rings. The van der Waals surface area contributed by atoms with Crippen molar-refractivity contribution in [1.29, 1.82) is 0 Å². The van der Waals surface area contributed by atoms with Crippen molar-refractivity contribution in [1.82, 2.24) is 9.46 Å². The Hall–Kier alpha value is -1.70. The molecule has 1 N–H and O–H groups in total. The molecule has 2 heterocycles. The molecule has 0 saturated carbocycles. The maximum atomic E-state index is 13.1. The molecule has 0 radical (unpaired) electrons. The van der Waals surface area contributed by atoms with Crippen molar-refractivity contribution >= 4 is 10.0 Å². The summed E-state index contributed by atoms with van der Waals surface area (Å²) in [4.78, 5) is 0.154. The second kappa shape index (κ2) is 6.90. The van der Waals surface area contributed by atoms with Crippen LogP contribution in [0.5, 0.6) is 0 Å². The Kier molecular flexibility index (Phi) is 4.99. The van der Waals surface area contributed by atoms with E-state index in [1.54, 1.807) is 13.8 Å². The Morgan fingerprint density at radius 2 is 2.00 bits per heavy atom. The lowest BCUT2D eigenvalue weighted by Crippen LogP contribution is -2.49. The van der Waals surface area contributed by atoms with E-state index in [0.29, 0.717) is 31.0 Å². The van der Waals surface area contributed by atoms with Crippen LogP contribution in [0.25, 0.3) is 0 Å². The number of aryl methyl sites for hydroxylation is 2. The highest BCUT2D eigenvalue weighted by molar-refractivity contribution is 7.89. The Bertz CT molecular complexity index is 813. The Labute approximate surface area is 148 Å². The monoisotopic (exact) mass is 364 g/mol. The summed E-state index contributed by atoms with van der Waals surface area (Å²) in [6.45, 7) is 3.94. The summed E-state index contributed by atoms with van der Waals surface area (Å²) >= 11 is 0. The van der Waals surface area contributed by atoms with Crippen molar-refractivity contribution in [3.05, 3.63) is 47.3 Å². The Balaban J connectivity index is 1.89. The number of hydrogen-bond donors (Lipinski definition) is 1. The van der Waals surface area contributed by atoms with Crippen LogP contribution in [0.4, 0.5) is 0 Å². The van der Waals surface area contributed by atoms with Gasteiger partial charge in [0, 0.05) is 18.5 Å². The second-order valence-corrected chi connectivity index (χ2v) is 8.79. The molecule has 1 aromatic carbocycles. The van der Waals surface area contributed by atoms with Gasteiger partial charge in [0.1, 0.15) is 10.6 Å². The minimum Gasteiger partial charge on any atom is -0.396 e.